The number of hydrogen-bond donors (Lipinski definition) is 2. The summed E-state index contributed by atoms with van der Waals surface area (Å²) in [6, 6.07) is 0. The molecular weight excluding hydrogens is 403 g/mol. The molecule has 4 rings (SSSR count). The van der Waals surface area contributed by atoms with E-state index >= 15 is 0 Å². The van der Waals surface area contributed by atoms with Crippen LogP contribution in [0.15, 0.2) is 0 Å². The second-order valence-electron chi connectivity index (χ2n) is 10.7. The van der Waals surface area contributed by atoms with Gasteiger partial charge in [-0.15, -0.1) is 0 Å². The van der Waals surface area contributed by atoms with Gasteiger partial charge in [0.15, 0.2) is 0 Å². The van der Waals surface area contributed by atoms with Crippen molar-refractivity contribution < 1.29 is 56.9 Å². The third kappa shape index (κ3) is 4.12. The van der Waals surface area contributed by atoms with E-state index in [9.17, 15) is 23.2 Å². The van der Waals surface area contributed by atoms with E-state index < -0.39 is 16.5 Å². The van der Waals surface area contributed by atoms with E-state index in [4.69, 9.17) is 4.18 Å². The first-order chi connectivity index (χ1) is 13.0. The maximum absolute atomic E-state index is 11.1. The molecule has 4 saturated carbocycles. The van der Waals surface area contributed by atoms with Crippen molar-refractivity contribution in [3.05, 3.63) is 0 Å². The van der Waals surface area contributed by atoms with E-state index in [0.717, 1.165) is 44.9 Å². The molecule has 10 atom stereocenters. The van der Waals surface area contributed by atoms with E-state index in [1.807, 2.05) is 0 Å². The summed E-state index contributed by atoms with van der Waals surface area (Å²) >= 11 is 0. The molecule has 0 saturated heterocycles. The number of hydrogen-bond acceptors (Lipinski definition) is 6. The summed E-state index contributed by atoms with van der Waals surface area (Å²) in [4.78, 5) is 0. The third-order valence-electron chi connectivity index (χ3n) is 9.56. The Balaban J connectivity index is 0.00000240. The summed E-state index contributed by atoms with van der Waals surface area (Å²) < 4.78 is 38.2. The second kappa shape index (κ2) is 8.29. The van der Waals surface area contributed by atoms with Gasteiger partial charge in [-0.25, -0.2) is 8.42 Å². The topological polar surface area (TPSA) is 107 Å². The molecule has 0 aromatic heterocycles. The molecule has 2 N–H and O–H groups in total. The van der Waals surface area contributed by atoms with Gasteiger partial charge in [-0.05, 0) is 98.7 Å². The van der Waals surface area contributed by atoms with Crippen molar-refractivity contribution >= 4 is 10.4 Å². The van der Waals surface area contributed by atoms with Crippen LogP contribution in [0.1, 0.15) is 72.1 Å². The van der Waals surface area contributed by atoms with Gasteiger partial charge in [0.2, 0.25) is 10.4 Å². The minimum absolute atomic E-state index is 0. The Hall–Kier alpha value is 0.790. The summed E-state index contributed by atoms with van der Waals surface area (Å²) in [7, 11) is -4.70. The van der Waals surface area contributed by atoms with Crippen molar-refractivity contribution in [3.63, 3.8) is 0 Å². The summed E-state index contributed by atoms with van der Waals surface area (Å²) in [6.07, 6.45) is 5.96. The molecule has 4 aliphatic rings. The van der Waals surface area contributed by atoms with Gasteiger partial charge in [0.05, 0.1) is 18.3 Å². The largest absolute Gasteiger partial charge is 1.00 e. The van der Waals surface area contributed by atoms with E-state index in [-0.39, 0.29) is 64.4 Å². The zero-order valence-corrected chi connectivity index (χ0v) is 21.0. The van der Waals surface area contributed by atoms with Crippen LogP contribution in [0.2, 0.25) is 0 Å². The van der Waals surface area contributed by atoms with Gasteiger partial charge in [-0.1, -0.05) is 13.8 Å². The molecule has 0 radical (unpaired) electrons. The minimum atomic E-state index is -4.70. The number of aliphatic hydroxyl groups excluding tert-OH is 2. The van der Waals surface area contributed by atoms with Crippen LogP contribution < -0.4 is 29.6 Å². The molecule has 6 nitrogen and oxygen atoms in total. The number of fused-ring (bicyclic) bond motifs is 5. The molecular formula is C21H35NaO6S. The van der Waals surface area contributed by atoms with Crippen LogP contribution in [0.5, 0.6) is 0 Å². The Labute approximate surface area is 197 Å². The third-order valence-corrected chi connectivity index (χ3v) is 10.1. The van der Waals surface area contributed by atoms with Crippen LogP contribution in [0.3, 0.4) is 0 Å². The molecule has 8 heteroatoms. The second-order valence-corrected chi connectivity index (χ2v) is 11.7. The van der Waals surface area contributed by atoms with Crippen LogP contribution in [0.4, 0.5) is 0 Å². The molecule has 162 valence electrons. The Kier molecular flexibility index (Phi) is 6.98. The zero-order chi connectivity index (χ0) is 20.5. The molecule has 0 aromatic carbocycles. The van der Waals surface area contributed by atoms with Crippen molar-refractivity contribution in [1.29, 1.82) is 0 Å². The van der Waals surface area contributed by atoms with Crippen molar-refractivity contribution in [2.45, 2.75) is 90.4 Å². The Morgan fingerprint density at radius 2 is 1.59 bits per heavy atom. The van der Waals surface area contributed by atoms with Crippen LogP contribution in [0, 0.1) is 40.4 Å². The van der Waals surface area contributed by atoms with Crippen molar-refractivity contribution in [2.24, 2.45) is 40.4 Å². The first-order valence-corrected chi connectivity index (χ1v) is 12.3. The Morgan fingerprint density at radius 1 is 0.966 bits per heavy atom. The molecule has 0 bridgehead atoms. The average molecular weight is 439 g/mol. The van der Waals surface area contributed by atoms with E-state index in [1.54, 1.807) is 6.92 Å². The average Bonchev–Trinajstić information content (AvgIpc) is 2.93. The molecule has 0 amide bonds. The quantitative estimate of drug-likeness (QED) is 0.360. The fraction of sp³-hybridized carbons (Fsp3) is 1.00. The first-order valence-electron chi connectivity index (χ1n) is 11.0. The fourth-order valence-electron chi connectivity index (χ4n) is 8.34. The van der Waals surface area contributed by atoms with Gasteiger partial charge in [0.1, 0.15) is 0 Å². The normalized spacial score (nSPS) is 50.6. The van der Waals surface area contributed by atoms with Crippen LogP contribution in [0.25, 0.3) is 0 Å². The summed E-state index contributed by atoms with van der Waals surface area (Å²) in [5.74, 6) is 1.62. The number of rotatable bonds is 3. The molecule has 4 aliphatic carbocycles. The molecule has 29 heavy (non-hydrogen) atoms. The van der Waals surface area contributed by atoms with Gasteiger partial charge >= 0.3 is 29.6 Å². The van der Waals surface area contributed by atoms with Gasteiger partial charge < -0.3 is 14.8 Å². The molecule has 0 unspecified atom stereocenters. The van der Waals surface area contributed by atoms with Crippen molar-refractivity contribution in [2.75, 3.05) is 0 Å². The van der Waals surface area contributed by atoms with Gasteiger partial charge in [-0.2, -0.15) is 0 Å². The van der Waals surface area contributed by atoms with Gasteiger partial charge in [-0.3, -0.25) is 4.18 Å². The standard InChI is InChI=1S/C21H36O6S.Na/c1-12(27-28(24,25)26)15-4-5-16-14-11-19(23)18-10-13(22)6-8-21(18,3)17(14)7-9-20(15,16)2;/h12-19,22-23H,4-11H2,1-3H3,(H,24,25,26);/q;+1/p-1/t12-,13+,14+,15-,16+,17+,18-,19+,20-,21-;/m1./s1. The van der Waals surface area contributed by atoms with E-state index in [2.05, 4.69) is 13.8 Å². The Bertz CT molecular complexity index is 716. The first kappa shape index (κ1) is 24.4. The van der Waals surface area contributed by atoms with Gasteiger partial charge in [0, 0.05) is 0 Å². The van der Waals surface area contributed by atoms with E-state index in [0.29, 0.717) is 24.2 Å². The van der Waals surface area contributed by atoms with Crippen LogP contribution in [-0.4, -0.2) is 41.5 Å². The van der Waals surface area contributed by atoms with Crippen LogP contribution >= 0.6 is 0 Å². The monoisotopic (exact) mass is 438 g/mol. The van der Waals surface area contributed by atoms with Crippen LogP contribution in [-0.2, 0) is 14.6 Å². The molecule has 0 aliphatic heterocycles. The van der Waals surface area contributed by atoms with E-state index in [1.165, 1.54) is 0 Å². The number of aliphatic hydroxyl groups is 2. The summed E-state index contributed by atoms with van der Waals surface area (Å²) in [5.41, 5.74) is 0.0177. The maximum atomic E-state index is 11.1. The van der Waals surface area contributed by atoms with Gasteiger partial charge in [0.25, 0.3) is 0 Å². The predicted molar refractivity (Wildman–Crippen MR) is 103 cm³/mol. The Morgan fingerprint density at radius 3 is 2.24 bits per heavy atom. The predicted octanol–water partition coefficient (Wildman–Crippen LogP) is -0.154. The smallest absolute Gasteiger partial charge is 0.726 e. The molecule has 0 spiro atoms. The summed E-state index contributed by atoms with van der Waals surface area (Å²) in [6.45, 7) is 6.29. The molecule has 0 heterocycles. The fourth-order valence-corrected chi connectivity index (χ4v) is 8.85. The summed E-state index contributed by atoms with van der Waals surface area (Å²) in [5, 5.41) is 21.2. The van der Waals surface area contributed by atoms with Crippen molar-refractivity contribution in [1.82, 2.24) is 0 Å². The molecule has 4 fully saturated rings. The van der Waals surface area contributed by atoms with Crippen molar-refractivity contribution in [3.8, 4) is 0 Å². The maximum Gasteiger partial charge on any atom is 1.00 e. The zero-order valence-electron chi connectivity index (χ0n) is 18.2. The minimum Gasteiger partial charge on any atom is -0.726 e. The molecule has 0 aromatic rings. The SMILES string of the molecule is C[C@@H](OS(=O)(=O)[O-])[C@H]1CC[C@H]2[C@@H]3C[C@H](O)[C@H]4C[C@@H](O)CC[C@]4(C)[C@H]3CC[C@]12C.[Na+].